The van der Waals surface area contributed by atoms with Crippen molar-refractivity contribution in [1.29, 1.82) is 0 Å². The summed E-state index contributed by atoms with van der Waals surface area (Å²) in [6.45, 7) is 4.97. The first-order valence-electron chi connectivity index (χ1n) is 4.35. The second-order valence-electron chi connectivity index (χ2n) is 3.85. The van der Waals surface area contributed by atoms with Gasteiger partial charge in [0.1, 0.15) is 0 Å². The molecule has 0 aromatic heterocycles. The van der Waals surface area contributed by atoms with Crippen molar-refractivity contribution in [3.8, 4) is 0 Å². The van der Waals surface area contributed by atoms with Gasteiger partial charge >= 0.3 is 0 Å². The van der Waals surface area contributed by atoms with E-state index in [-0.39, 0.29) is 6.15 Å². The molecule has 4 N–H and O–H groups in total. The zero-order valence-corrected chi connectivity index (χ0v) is 7.71. The largest absolute Gasteiger partial charge is 0.396 e. The third-order valence-electron chi connectivity index (χ3n) is 2.75. The van der Waals surface area contributed by atoms with Crippen LogP contribution >= 0.6 is 0 Å². The van der Waals surface area contributed by atoms with E-state index in [1.807, 2.05) is 0 Å². The lowest BCUT2D eigenvalue weighted by molar-refractivity contribution is 0.111. The van der Waals surface area contributed by atoms with E-state index in [0.717, 1.165) is 24.2 Å². The number of aliphatic hydroxyl groups excluding tert-OH is 1. The van der Waals surface area contributed by atoms with Gasteiger partial charge in [0.05, 0.1) is 0 Å². The van der Waals surface area contributed by atoms with Crippen LogP contribution in [-0.2, 0) is 0 Å². The van der Waals surface area contributed by atoms with Crippen molar-refractivity contribution >= 4 is 0 Å². The zero-order chi connectivity index (χ0) is 7.56. The van der Waals surface area contributed by atoms with Gasteiger partial charge in [-0.15, -0.1) is 0 Å². The van der Waals surface area contributed by atoms with Crippen molar-refractivity contribution in [2.45, 2.75) is 33.1 Å². The van der Waals surface area contributed by atoms with Crippen molar-refractivity contribution in [2.75, 3.05) is 6.61 Å². The Labute approximate surface area is 69.6 Å². The van der Waals surface area contributed by atoms with Crippen LogP contribution in [0.25, 0.3) is 0 Å². The molecule has 2 nitrogen and oxygen atoms in total. The van der Waals surface area contributed by atoms with E-state index in [1.54, 1.807) is 0 Å². The molecule has 1 rings (SSSR count). The van der Waals surface area contributed by atoms with Crippen molar-refractivity contribution in [2.24, 2.45) is 17.8 Å². The first kappa shape index (κ1) is 10.9. The van der Waals surface area contributed by atoms with Crippen LogP contribution in [0.3, 0.4) is 0 Å². The van der Waals surface area contributed by atoms with Gasteiger partial charge in [-0.2, -0.15) is 0 Å². The lowest BCUT2D eigenvalue weighted by Gasteiger charge is -2.37. The summed E-state index contributed by atoms with van der Waals surface area (Å²) in [6, 6.07) is 0. The van der Waals surface area contributed by atoms with Crippen LogP contribution in [0.15, 0.2) is 0 Å². The van der Waals surface area contributed by atoms with Gasteiger partial charge in [0.25, 0.3) is 0 Å². The summed E-state index contributed by atoms with van der Waals surface area (Å²) < 4.78 is 0. The summed E-state index contributed by atoms with van der Waals surface area (Å²) in [4.78, 5) is 0. The van der Waals surface area contributed by atoms with E-state index in [4.69, 9.17) is 5.11 Å². The molecule has 0 heterocycles. The van der Waals surface area contributed by atoms with Crippen LogP contribution in [0.2, 0.25) is 0 Å². The Kier molecular flexibility index (Phi) is 4.69. The number of aliphatic hydroxyl groups is 1. The van der Waals surface area contributed by atoms with Crippen molar-refractivity contribution in [3.05, 3.63) is 0 Å². The molecule has 0 radical (unpaired) electrons. The standard InChI is InChI=1S/C9H18O.H3N/c1-7(2)9-5-8(6-9)3-4-10;/h7-10H,3-6H2,1-2H3;1H3. The predicted octanol–water partition coefficient (Wildman–Crippen LogP) is 2.21. The third kappa shape index (κ3) is 2.80. The molecule has 1 fully saturated rings. The Morgan fingerprint density at radius 1 is 1.36 bits per heavy atom. The van der Waals surface area contributed by atoms with Crippen molar-refractivity contribution < 1.29 is 5.11 Å². The minimum atomic E-state index is 0. The first-order valence-corrected chi connectivity index (χ1v) is 4.35. The van der Waals surface area contributed by atoms with Gasteiger partial charge in [0, 0.05) is 6.61 Å². The molecule has 1 aliphatic rings. The Hall–Kier alpha value is -0.0800. The second-order valence-corrected chi connectivity index (χ2v) is 3.85. The summed E-state index contributed by atoms with van der Waals surface area (Å²) in [6.07, 6.45) is 3.75. The molecular weight excluding hydrogens is 138 g/mol. The van der Waals surface area contributed by atoms with Crippen molar-refractivity contribution in [1.82, 2.24) is 6.15 Å². The number of rotatable bonds is 3. The highest BCUT2D eigenvalue weighted by atomic mass is 16.3. The second kappa shape index (κ2) is 4.73. The van der Waals surface area contributed by atoms with Crippen LogP contribution in [-0.4, -0.2) is 11.7 Å². The van der Waals surface area contributed by atoms with E-state index in [2.05, 4.69) is 13.8 Å². The molecule has 11 heavy (non-hydrogen) atoms. The smallest absolute Gasteiger partial charge is 0.0433 e. The van der Waals surface area contributed by atoms with Crippen LogP contribution in [0.1, 0.15) is 33.1 Å². The highest BCUT2D eigenvalue weighted by Gasteiger charge is 2.30. The number of hydrogen-bond donors (Lipinski definition) is 2. The summed E-state index contributed by atoms with van der Waals surface area (Å²) in [5.41, 5.74) is 0. The minimum Gasteiger partial charge on any atom is -0.396 e. The van der Waals surface area contributed by atoms with Crippen molar-refractivity contribution in [3.63, 3.8) is 0 Å². The van der Waals surface area contributed by atoms with Gasteiger partial charge in [-0.1, -0.05) is 13.8 Å². The average Bonchev–Trinajstić information content (AvgIpc) is 1.76. The lowest BCUT2D eigenvalue weighted by atomic mass is 9.68. The fourth-order valence-corrected chi connectivity index (χ4v) is 1.75. The fraction of sp³-hybridized carbons (Fsp3) is 1.00. The van der Waals surface area contributed by atoms with Gasteiger partial charge in [0.15, 0.2) is 0 Å². The molecule has 1 aliphatic carbocycles. The van der Waals surface area contributed by atoms with Gasteiger partial charge < -0.3 is 11.3 Å². The highest BCUT2D eigenvalue weighted by molar-refractivity contribution is 4.80. The molecule has 0 amide bonds. The summed E-state index contributed by atoms with van der Waals surface area (Å²) in [5.74, 6) is 2.66. The molecule has 2 heteroatoms. The SMILES string of the molecule is CC(C)C1CC(CCO)C1.N. The van der Waals surface area contributed by atoms with Gasteiger partial charge in [-0.05, 0) is 37.0 Å². The van der Waals surface area contributed by atoms with Gasteiger partial charge in [-0.25, -0.2) is 0 Å². The average molecular weight is 159 g/mol. The quantitative estimate of drug-likeness (QED) is 0.663. The first-order chi connectivity index (χ1) is 4.74. The topological polar surface area (TPSA) is 55.2 Å². The molecule has 0 spiro atoms. The highest BCUT2D eigenvalue weighted by Crippen LogP contribution is 2.40. The molecule has 0 atom stereocenters. The molecule has 0 aromatic carbocycles. The van der Waals surface area contributed by atoms with Crippen LogP contribution < -0.4 is 6.15 Å². The molecule has 0 saturated heterocycles. The van der Waals surface area contributed by atoms with Gasteiger partial charge in [-0.3, -0.25) is 0 Å². The van der Waals surface area contributed by atoms with E-state index >= 15 is 0 Å². The number of hydrogen-bond acceptors (Lipinski definition) is 2. The molecule has 0 aromatic rings. The maximum absolute atomic E-state index is 8.63. The van der Waals surface area contributed by atoms with E-state index in [1.165, 1.54) is 12.8 Å². The Balaban J connectivity index is 0.000001000. The Morgan fingerprint density at radius 2 is 1.91 bits per heavy atom. The van der Waals surface area contributed by atoms with Crippen LogP contribution in [0, 0.1) is 17.8 Å². The molecule has 0 unspecified atom stereocenters. The monoisotopic (exact) mass is 159 g/mol. The van der Waals surface area contributed by atoms with E-state index in [9.17, 15) is 0 Å². The molecule has 0 bridgehead atoms. The van der Waals surface area contributed by atoms with Crippen LogP contribution in [0.4, 0.5) is 0 Å². The van der Waals surface area contributed by atoms with E-state index < -0.39 is 0 Å². The Morgan fingerprint density at radius 3 is 2.27 bits per heavy atom. The predicted molar refractivity (Wildman–Crippen MR) is 47.8 cm³/mol. The van der Waals surface area contributed by atoms with Gasteiger partial charge in [0.2, 0.25) is 0 Å². The van der Waals surface area contributed by atoms with Crippen LogP contribution in [0.5, 0.6) is 0 Å². The minimum absolute atomic E-state index is 0. The normalized spacial score (nSPS) is 29.5. The zero-order valence-electron chi connectivity index (χ0n) is 7.71. The van der Waals surface area contributed by atoms with E-state index in [0.29, 0.717) is 6.61 Å². The Bertz CT molecular complexity index is 97.7. The summed E-state index contributed by atoms with van der Waals surface area (Å²) >= 11 is 0. The molecular formula is C9H21NO. The summed E-state index contributed by atoms with van der Waals surface area (Å²) in [7, 11) is 0. The third-order valence-corrected chi connectivity index (χ3v) is 2.75. The fourth-order valence-electron chi connectivity index (χ4n) is 1.75. The lowest BCUT2D eigenvalue weighted by Crippen LogP contribution is -2.28. The molecule has 0 aliphatic heterocycles. The maximum Gasteiger partial charge on any atom is 0.0433 e. The summed E-state index contributed by atoms with van der Waals surface area (Å²) in [5, 5.41) is 8.63. The molecule has 1 saturated carbocycles. The molecule has 68 valence electrons. The maximum atomic E-state index is 8.63.